The highest BCUT2D eigenvalue weighted by atomic mass is 19.4. The Morgan fingerprint density at radius 1 is 0.933 bits per heavy atom. The van der Waals surface area contributed by atoms with E-state index >= 15 is 0 Å². The van der Waals surface area contributed by atoms with Crippen LogP contribution >= 0.6 is 0 Å². The van der Waals surface area contributed by atoms with Gasteiger partial charge in [-0.25, -0.2) is 9.07 Å². The number of para-hydroxylation sites is 1. The third-order valence-corrected chi connectivity index (χ3v) is 4.97. The Hall–Kier alpha value is -3.39. The van der Waals surface area contributed by atoms with Gasteiger partial charge < -0.3 is 9.84 Å². The fourth-order valence-electron chi connectivity index (χ4n) is 3.42. The summed E-state index contributed by atoms with van der Waals surface area (Å²) in [6.07, 6.45) is -3.69. The van der Waals surface area contributed by atoms with Crippen molar-refractivity contribution < 1.29 is 27.4 Å². The van der Waals surface area contributed by atoms with Gasteiger partial charge in [0.25, 0.3) is 0 Å². The van der Waals surface area contributed by atoms with Gasteiger partial charge in [-0.15, -0.1) is 0 Å². The van der Waals surface area contributed by atoms with Crippen molar-refractivity contribution in [3.8, 4) is 11.4 Å². The van der Waals surface area contributed by atoms with Gasteiger partial charge in [0.2, 0.25) is 5.60 Å². The number of hydrogen-bond donors (Lipinski definition) is 1. The summed E-state index contributed by atoms with van der Waals surface area (Å²) >= 11 is 0. The minimum absolute atomic E-state index is 0.220. The lowest BCUT2D eigenvalue weighted by Gasteiger charge is -2.31. The molecule has 154 valence electrons. The first-order valence-corrected chi connectivity index (χ1v) is 8.92. The van der Waals surface area contributed by atoms with Crippen LogP contribution in [0.5, 0.6) is 5.75 Å². The fourth-order valence-corrected chi connectivity index (χ4v) is 3.42. The summed E-state index contributed by atoms with van der Waals surface area (Å²) in [5.41, 5.74) is -3.20. The second-order valence-corrected chi connectivity index (χ2v) is 6.72. The largest absolute Gasteiger partial charge is 0.494 e. The molecule has 1 heterocycles. The lowest BCUT2D eigenvalue weighted by Crippen LogP contribution is -2.43. The van der Waals surface area contributed by atoms with Crippen molar-refractivity contribution >= 4 is 10.9 Å². The number of methoxy groups -OCH3 is 1. The van der Waals surface area contributed by atoms with Gasteiger partial charge in [0.1, 0.15) is 0 Å². The number of aromatic nitrogens is 2. The van der Waals surface area contributed by atoms with E-state index in [1.165, 1.54) is 31.5 Å². The molecule has 1 aromatic heterocycles. The van der Waals surface area contributed by atoms with Gasteiger partial charge >= 0.3 is 6.18 Å². The molecule has 4 rings (SSSR count). The number of halogens is 4. The van der Waals surface area contributed by atoms with Crippen LogP contribution in [0.2, 0.25) is 0 Å². The van der Waals surface area contributed by atoms with Crippen molar-refractivity contribution in [3.63, 3.8) is 0 Å². The fraction of sp³-hybridized carbons (Fsp3) is 0.136. The SMILES string of the molecule is COc1ccc(C(O)(c2ccc3c(cnn3-c3ccccc3)c2)C(F)(F)F)cc1F. The van der Waals surface area contributed by atoms with Crippen LogP contribution in [0.25, 0.3) is 16.6 Å². The number of hydrogen-bond acceptors (Lipinski definition) is 3. The summed E-state index contributed by atoms with van der Waals surface area (Å²) in [6.45, 7) is 0. The molecule has 4 aromatic rings. The van der Waals surface area contributed by atoms with Crippen LogP contribution in [0.4, 0.5) is 17.6 Å². The van der Waals surface area contributed by atoms with E-state index in [1.54, 1.807) is 4.68 Å². The first-order chi connectivity index (χ1) is 14.3. The van der Waals surface area contributed by atoms with Crippen molar-refractivity contribution in [1.82, 2.24) is 9.78 Å². The van der Waals surface area contributed by atoms with E-state index in [-0.39, 0.29) is 5.75 Å². The van der Waals surface area contributed by atoms with Crippen LogP contribution in [-0.2, 0) is 5.60 Å². The minimum Gasteiger partial charge on any atom is -0.494 e. The maximum absolute atomic E-state index is 14.1. The third kappa shape index (κ3) is 3.09. The first kappa shape index (κ1) is 19.9. The smallest absolute Gasteiger partial charge is 0.425 e. The van der Waals surface area contributed by atoms with Crippen molar-refractivity contribution in [2.45, 2.75) is 11.8 Å². The zero-order valence-electron chi connectivity index (χ0n) is 15.7. The summed E-state index contributed by atoms with van der Waals surface area (Å²) in [5, 5.41) is 15.4. The van der Waals surface area contributed by atoms with E-state index < -0.39 is 28.7 Å². The van der Waals surface area contributed by atoms with Crippen molar-refractivity contribution in [3.05, 3.63) is 89.9 Å². The van der Waals surface area contributed by atoms with Crippen LogP contribution in [0, 0.1) is 5.82 Å². The van der Waals surface area contributed by atoms with E-state index in [4.69, 9.17) is 4.74 Å². The molecule has 0 radical (unpaired) electrons. The molecular formula is C22H16F4N2O2. The van der Waals surface area contributed by atoms with E-state index in [9.17, 15) is 22.7 Å². The molecule has 4 nitrogen and oxygen atoms in total. The Morgan fingerprint density at radius 3 is 2.23 bits per heavy atom. The molecular weight excluding hydrogens is 400 g/mol. The van der Waals surface area contributed by atoms with Gasteiger partial charge in [0.05, 0.1) is 24.5 Å². The number of benzene rings is 3. The molecule has 0 aliphatic rings. The lowest BCUT2D eigenvalue weighted by atomic mass is 9.85. The standard InChI is InChI=1S/C22H16F4N2O2/c1-30-20-10-8-16(12-18(20)23)21(29,22(24,25)26)15-7-9-19-14(11-15)13-27-28(19)17-5-3-2-4-6-17/h2-13,29H,1H3. The molecule has 0 fully saturated rings. The number of aliphatic hydroxyl groups is 1. The van der Waals surface area contributed by atoms with Crippen molar-refractivity contribution in [2.75, 3.05) is 7.11 Å². The average Bonchev–Trinajstić information content (AvgIpc) is 3.16. The maximum Gasteiger partial charge on any atom is 0.425 e. The summed E-state index contributed by atoms with van der Waals surface area (Å²) in [4.78, 5) is 0. The van der Waals surface area contributed by atoms with Crippen LogP contribution in [0.15, 0.2) is 72.9 Å². The predicted molar refractivity (Wildman–Crippen MR) is 103 cm³/mol. The summed E-state index contributed by atoms with van der Waals surface area (Å²) in [6, 6.07) is 15.6. The molecule has 0 aliphatic heterocycles. The maximum atomic E-state index is 14.1. The predicted octanol–water partition coefficient (Wildman–Crippen LogP) is 4.97. The van der Waals surface area contributed by atoms with Gasteiger partial charge in [-0.2, -0.15) is 18.3 Å². The Morgan fingerprint density at radius 2 is 1.60 bits per heavy atom. The molecule has 0 saturated heterocycles. The van der Waals surface area contributed by atoms with Gasteiger partial charge in [-0.05, 0) is 42.0 Å². The molecule has 1 unspecified atom stereocenters. The van der Waals surface area contributed by atoms with Crippen LogP contribution in [-0.4, -0.2) is 28.2 Å². The summed E-state index contributed by atoms with van der Waals surface area (Å²) < 4.78 is 62.6. The average molecular weight is 416 g/mol. The minimum atomic E-state index is -5.10. The number of fused-ring (bicyclic) bond motifs is 1. The normalized spacial score (nSPS) is 13.9. The van der Waals surface area contributed by atoms with Gasteiger partial charge in [-0.1, -0.05) is 30.3 Å². The molecule has 8 heteroatoms. The number of nitrogens with zero attached hydrogens (tertiary/aromatic N) is 2. The molecule has 30 heavy (non-hydrogen) atoms. The second kappa shape index (κ2) is 7.14. The molecule has 1 atom stereocenters. The van der Waals surface area contributed by atoms with Gasteiger partial charge in [0.15, 0.2) is 11.6 Å². The van der Waals surface area contributed by atoms with Gasteiger partial charge in [-0.3, -0.25) is 0 Å². The number of rotatable bonds is 4. The quantitative estimate of drug-likeness (QED) is 0.478. The highest BCUT2D eigenvalue weighted by Crippen LogP contribution is 2.45. The first-order valence-electron chi connectivity index (χ1n) is 8.92. The van der Waals surface area contributed by atoms with Crippen LogP contribution < -0.4 is 4.74 Å². The van der Waals surface area contributed by atoms with Crippen molar-refractivity contribution in [2.24, 2.45) is 0 Å². The number of ether oxygens (including phenoxy) is 1. The number of alkyl halides is 3. The zero-order chi connectivity index (χ0) is 21.5. The Balaban J connectivity index is 1.87. The molecule has 0 spiro atoms. The Labute approximate surface area is 168 Å². The molecule has 0 bridgehead atoms. The highest BCUT2D eigenvalue weighted by Gasteiger charge is 2.56. The topological polar surface area (TPSA) is 47.3 Å². The summed E-state index contributed by atoms with van der Waals surface area (Å²) in [5.74, 6) is -1.22. The molecule has 0 aliphatic carbocycles. The molecule has 0 amide bonds. The molecule has 3 aromatic carbocycles. The third-order valence-electron chi connectivity index (χ3n) is 4.97. The van der Waals surface area contributed by atoms with E-state index in [1.807, 2.05) is 30.3 Å². The Kier molecular flexibility index (Phi) is 4.74. The van der Waals surface area contributed by atoms with Crippen LogP contribution in [0.1, 0.15) is 11.1 Å². The van der Waals surface area contributed by atoms with E-state index in [2.05, 4.69) is 5.10 Å². The second-order valence-electron chi connectivity index (χ2n) is 6.72. The van der Waals surface area contributed by atoms with E-state index in [0.29, 0.717) is 17.0 Å². The molecule has 1 N–H and O–H groups in total. The molecule has 0 saturated carbocycles. The zero-order valence-corrected chi connectivity index (χ0v) is 15.7. The van der Waals surface area contributed by atoms with Crippen LogP contribution in [0.3, 0.4) is 0 Å². The monoisotopic (exact) mass is 416 g/mol. The summed E-state index contributed by atoms with van der Waals surface area (Å²) in [7, 11) is 1.20. The Bertz CT molecular complexity index is 1200. The highest BCUT2D eigenvalue weighted by molar-refractivity contribution is 5.81. The van der Waals surface area contributed by atoms with Gasteiger partial charge in [0, 0.05) is 10.9 Å². The lowest BCUT2D eigenvalue weighted by molar-refractivity contribution is -0.248. The van der Waals surface area contributed by atoms with Crippen molar-refractivity contribution in [1.29, 1.82) is 0 Å². The van der Waals surface area contributed by atoms with E-state index in [0.717, 1.165) is 17.8 Å².